The molecule has 8 nitrogen and oxygen atoms in total. The molecule has 1 spiro atoms. The number of benzene rings is 1. The van der Waals surface area contributed by atoms with Crippen molar-refractivity contribution in [2.24, 2.45) is 0 Å². The lowest BCUT2D eigenvalue weighted by Gasteiger charge is -2.30. The van der Waals surface area contributed by atoms with Crippen LogP contribution in [0.4, 0.5) is 4.79 Å². The molecule has 1 saturated heterocycles. The van der Waals surface area contributed by atoms with Crippen molar-refractivity contribution in [1.82, 2.24) is 21.1 Å². The van der Waals surface area contributed by atoms with E-state index in [9.17, 15) is 19.2 Å². The van der Waals surface area contributed by atoms with Crippen LogP contribution in [0.15, 0.2) is 30.3 Å². The number of imide groups is 1. The lowest BCUT2D eigenvalue weighted by molar-refractivity contribution is -0.140. The summed E-state index contributed by atoms with van der Waals surface area (Å²) in [4.78, 5) is 49.2. The largest absolute Gasteiger partial charge is 0.349 e. The first-order valence-corrected chi connectivity index (χ1v) is 9.23. The SMILES string of the molecule is CC(CC(=O)NN1C(=O)NC2(CCCCC2)C1=O)NC(=O)c1ccccc1. The molecule has 5 amide bonds. The number of amides is 5. The Kier molecular flexibility index (Phi) is 5.43. The molecule has 8 heteroatoms. The van der Waals surface area contributed by atoms with Gasteiger partial charge in [-0.2, -0.15) is 5.01 Å². The Hall–Kier alpha value is -2.90. The third kappa shape index (κ3) is 4.10. The molecule has 27 heavy (non-hydrogen) atoms. The summed E-state index contributed by atoms with van der Waals surface area (Å²) in [6.07, 6.45) is 3.91. The maximum Gasteiger partial charge on any atom is 0.344 e. The van der Waals surface area contributed by atoms with Crippen LogP contribution in [0.5, 0.6) is 0 Å². The predicted octanol–water partition coefficient (Wildman–Crippen LogP) is 1.48. The molecule has 1 aromatic rings. The van der Waals surface area contributed by atoms with Crippen molar-refractivity contribution in [3.8, 4) is 0 Å². The molecular weight excluding hydrogens is 348 g/mol. The fourth-order valence-corrected chi connectivity index (χ4v) is 3.61. The van der Waals surface area contributed by atoms with Gasteiger partial charge in [-0.25, -0.2) is 4.79 Å². The summed E-state index contributed by atoms with van der Waals surface area (Å²) in [6.45, 7) is 1.69. The highest BCUT2D eigenvalue weighted by atomic mass is 16.2. The van der Waals surface area contributed by atoms with Gasteiger partial charge in [-0.1, -0.05) is 37.5 Å². The minimum atomic E-state index is -0.879. The van der Waals surface area contributed by atoms with Crippen LogP contribution < -0.4 is 16.1 Å². The fourth-order valence-electron chi connectivity index (χ4n) is 3.61. The van der Waals surface area contributed by atoms with Crippen molar-refractivity contribution in [3.63, 3.8) is 0 Å². The average Bonchev–Trinajstić information content (AvgIpc) is 2.87. The lowest BCUT2D eigenvalue weighted by Crippen LogP contribution is -2.51. The van der Waals surface area contributed by atoms with Crippen molar-refractivity contribution in [2.75, 3.05) is 0 Å². The molecule has 3 rings (SSSR count). The van der Waals surface area contributed by atoms with Crippen molar-refractivity contribution in [1.29, 1.82) is 0 Å². The topological polar surface area (TPSA) is 108 Å². The molecule has 0 bridgehead atoms. The Labute approximate surface area is 157 Å². The number of rotatable bonds is 5. The normalized spacial score (nSPS) is 19.5. The monoisotopic (exact) mass is 372 g/mol. The van der Waals surface area contributed by atoms with Crippen molar-refractivity contribution >= 4 is 23.8 Å². The molecule has 1 atom stereocenters. The first-order valence-electron chi connectivity index (χ1n) is 9.23. The molecule has 1 aliphatic carbocycles. The quantitative estimate of drug-likeness (QED) is 0.681. The van der Waals surface area contributed by atoms with Crippen LogP contribution in [0, 0.1) is 0 Å². The Morgan fingerprint density at radius 2 is 1.81 bits per heavy atom. The van der Waals surface area contributed by atoms with Gasteiger partial charge in [0.15, 0.2) is 0 Å². The highest BCUT2D eigenvalue weighted by Gasteiger charge is 2.52. The van der Waals surface area contributed by atoms with Gasteiger partial charge in [0.2, 0.25) is 5.91 Å². The van der Waals surface area contributed by atoms with Crippen LogP contribution >= 0.6 is 0 Å². The second kappa shape index (κ2) is 7.77. The zero-order valence-corrected chi connectivity index (χ0v) is 15.3. The number of carbonyl (C=O) groups is 4. The van der Waals surface area contributed by atoms with E-state index < -0.39 is 29.4 Å². The third-order valence-corrected chi connectivity index (χ3v) is 5.01. The van der Waals surface area contributed by atoms with Gasteiger partial charge in [-0.3, -0.25) is 19.8 Å². The molecule has 0 aromatic heterocycles. The molecule has 144 valence electrons. The number of nitrogens with one attached hydrogen (secondary N) is 3. The molecule has 2 aliphatic rings. The fraction of sp³-hybridized carbons (Fsp3) is 0.474. The van der Waals surface area contributed by atoms with Gasteiger partial charge in [-0.05, 0) is 31.9 Å². The van der Waals surface area contributed by atoms with Crippen LogP contribution in [0.2, 0.25) is 0 Å². The van der Waals surface area contributed by atoms with Gasteiger partial charge in [-0.15, -0.1) is 0 Å². The number of nitrogens with zero attached hydrogens (tertiary/aromatic N) is 1. The minimum Gasteiger partial charge on any atom is -0.349 e. The van der Waals surface area contributed by atoms with E-state index in [1.54, 1.807) is 31.2 Å². The summed E-state index contributed by atoms with van der Waals surface area (Å²) in [5, 5.41) is 6.24. The van der Waals surface area contributed by atoms with E-state index in [1.807, 2.05) is 6.07 Å². The van der Waals surface area contributed by atoms with E-state index in [4.69, 9.17) is 0 Å². The smallest absolute Gasteiger partial charge is 0.344 e. The predicted molar refractivity (Wildman–Crippen MR) is 97.3 cm³/mol. The summed E-state index contributed by atoms with van der Waals surface area (Å²) < 4.78 is 0. The number of hydrazine groups is 1. The standard InChI is InChI=1S/C19H24N4O4/c1-13(20-16(25)14-8-4-2-5-9-14)12-15(24)22-23-17(26)19(21-18(23)27)10-6-3-7-11-19/h2,4-5,8-9,13H,3,6-7,10-12H2,1H3,(H,20,25)(H,21,27)(H,22,24). The zero-order chi connectivity index (χ0) is 19.4. The number of carbonyl (C=O) groups excluding carboxylic acids is 4. The van der Waals surface area contributed by atoms with Crippen molar-refractivity contribution < 1.29 is 19.2 Å². The van der Waals surface area contributed by atoms with E-state index in [2.05, 4.69) is 16.1 Å². The minimum absolute atomic E-state index is 0.0529. The van der Waals surface area contributed by atoms with Crippen LogP contribution in [0.25, 0.3) is 0 Å². The van der Waals surface area contributed by atoms with Crippen LogP contribution in [-0.2, 0) is 9.59 Å². The second-order valence-corrected chi connectivity index (χ2v) is 7.19. The van der Waals surface area contributed by atoms with Crippen molar-refractivity contribution in [2.45, 2.75) is 57.0 Å². The summed E-state index contributed by atoms with van der Waals surface area (Å²) >= 11 is 0. The molecule has 3 N–H and O–H groups in total. The summed E-state index contributed by atoms with van der Waals surface area (Å²) in [5.41, 5.74) is 1.99. The van der Waals surface area contributed by atoms with E-state index in [-0.39, 0.29) is 12.3 Å². The average molecular weight is 372 g/mol. The number of hydrogen-bond acceptors (Lipinski definition) is 4. The molecule has 1 unspecified atom stereocenters. The second-order valence-electron chi connectivity index (χ2n) is 7.19. The summed E-state index contributed by atoms with van der Waals surface area (Å²) in [5.74, 6) is -1.19. The first-order chi connectivity index (χ1) is 12.9. The number of urea groups is 1. The van der Waals surface area contributed by atoms with Gasteiger partial charge >= 0.3 is 6.03 Å². The highest BCUT2D eigenvalue weighted by Crippen LogP contribution is 2.32. The molecule has 0 radical (unpaired) electrons. The maximum absolute atomic E-state index is 12.6. The van der Waals surface area contributed by atoms with Gasteiger partial charge < -0.3 is 10.6 Å². The Morgan fingerprint density at radius 3 is 2.48 bits per heavy atom. The molecule has 1 aliphatic heterocycles. The van der Waals surface area contributed by atoms with Gasteiger partial charge in [0.05, 0.1) is 0 Å². The van der Waals surface area contributed by atoms with Crippen molar-refractivity contribution in [3.05, 3.63) is 35.9 Å². The molecule has 1 aromatic carbocycles. The molecule has 1 heterocycles. The van der Waals surface area contributed by atoms with Gasteiger partial charge in [0.1, 0.15) is 5.54 Å². The molecule has 2 fully saturated rings. The molecular formula is C19H24N4O4. The number of hydrogen-bond donors (Lipinski definition) is 3. The Bertz CT molecular complexity index is 743. The van der Waals surface area contributed by atoms with E-state index in [1.165, 1.54) is 0 Å². The van der Waals surface area contributed by atoms with Gasteiger partial charge in [0.25, 0.3) is 11.8 Å². The summed E-state index contributed by atoms with van der Waals surface area (Å²) in [7, 11) is 0. The third-order valence-electron chi connectivity index (χ3n) is 5.01. The lowest BCUT2D eigenvalue weighted by atomic mass is 9.82. The van der Waals surface area contributed by atoms with Crippen LogP contribution in [-0.4, -0.2) is 40.3 Å². The molecule has 1 saturated carbocycles. The van der Waals surface area contributed by atoms with Crippen LogP contribution in [0.3, 0.4) is 0 Å². The van der Waals surface area contributed by atoms with E-state index in [0.29, 0.717) is 18.4 Å². The van der Waals surface area contributed by atoms with E-state index >= 15 is 0 Å². The Morgan fingerprint density at radius 1 is 1.15 bits per heavy atom. The van der Waals surface area contributed by atoms with Crippen LogP contribution in [0.1, 0.15) is 55.8 Å². The van der Waals surface area contributed by atoms with Gasteiger partial charge in [0, 0.05) is 18.0 Å². The van der Waals surface area contributed by atoms with E-state index in [0.717, 1.165) is 24.3 Å². The summed E-state index contributed by atoms with van der Waals surface area (Å²) in [6, 6.07) is 7.62. The zero-order valence-electron chi connectivity index (χ0n) is 15.3. The first kappa shape index (κ1) is 18.9. The highest BCUT2D eigenvalue weighted by molar-refractivity contribution is 6.08. The maximum atomic E-state index is 12.6. The Balaban J connectivity index is 1.53.